The Morgan fingerprint density at radius 1 is 1.25 bits per heavy atom. The standard InChI is InChI=1S/C21H28N4OS2/c1-14-5-7-15(8-6-14)22-18-23-24-19(28-18)27-11-17(26)25-13-21(4)10-16(25)9-20(2,3)12-21/h5-8,16H,9-13H2,1-4H3,(H,22,23)/t16-,21-/m0/s1. The molecule has 2 heterocycles. The van der Waals surface area contributed by atoms with Crippen molar-refractivity contribution in [3.63, 3.8) is 0 Å². The maximum Gasteiger partial charge on any atom is 0.233 e. The number of hydrogen-bond acceptors (Lipinski definition) is 6. The zero-order chi connectivity index (χ0) is 19.9. The van der Waals surface area contributed by atoms with Gasteiger partial charge in [-0.15, -0.1) is 10.2 Å². The highest BCUT2D eigenvalue weighted by Gasteiger charge is 2.50. The van der Waals surface area contributed by atoms with Gasteiger partial charge in [-0.1, -0.05) is 61.6 Å². The zero-order valence-corrected chi connectivity index (χ0v) is 18.6. The van der Waals surface area contributed by atoms with Gasteiger partial charge in [0.1, 0.15) is 0 Å². The van der Waals surface area contributed by atoms with Gasteiger partial charge < -0.3 is 10.2 Å². The van der Waals surface area contributed by atoms with E-state index in [9.17, 15) is 4.79 Å². The fourth-order valence-electron chi connectivity index (χ4n) is 5.04. The van der Waals surface area contributed by atoms with E-state index in [-0.39, 0.29) is 11.3 Å². The van der Waals surface area contributed by atoms with Crippen LogP contribution in [0.4, 0.5) is 10.8 Å². The number of likely N-dealkylation sites (tertiary alicyclic amines) is 1. The first-order valence-corrected chi connectivity index (χ1v) is 11.6. The first-order chi connectivity index (χ1) is 13.2. The smallest absolute Gasteiger partial charge is 0.233 e. The molecule has 1 aromatic heterocycles. The summed E-state index contributed by atoms with van der Waals surface area (Å²) in [6.07, 6.45) is 3.47. The van der Waals surface area contributed by atoms with Crippen LogP contribution in [-0.2, 0) is 4.79 Å². The molecule has 2 aliphatic rings. The van der Waals surface area contributed by atoms with Crippen molar-refractivity contribution in [1.29, 1.82) is 0 Å². The number of thioether (sulfide) groups is 1. The molecule has 0 radical (unpaired) electrons. The molecule has 2 atom stereocenters. The van der Waals surface area contributed by atoms with Gasteiger partial charge in [-0.25, -0.2) is 0 Å². The van der Waals surface area contributed by atoms with E-state index in [4.69, 9.17) is 0 Å². The maximum atomic E-state index is 12.9. The maximum absolute atomic E-state index is 12.9. The Balaban J connectivity index is 1.33. The Hall–Kier alpha value is -1.60. The van der Waals surface area contributed by atoms with E-state index in [1.807, 2.05) is 12.1 Å². The third-order valence-electron chi connectivity index (χ3n) is 5.76. The van der Waals surface area contributed by atoms with E-state index in [0.29, 0.717) is 17.2 Å². The van der Waals surface area contributed by atoms with Crippen molar-refractivity contribution >= 4 is 39.8 Å². The summed E-state index contributed by atoms with van der Waals surface area (Å²) < 4.78 is 0.830. The lowest BCUT2D eigenvalue weighted by atomic mass is 9.65. The SMILES string of the molecule is Cc1ccc(Nc2nnc(SCC(=O)N3C[C@@]4(C)C[C@@H]3CC(C)(C)C4)s2)cc1. The molecule has 1 aliphatic carbocycles. The van der Waals surface area contributed by atoms with Crippen LogP contribution in [0, 0.1) is 17.8 Å². The number of hydrogen-bond donors (Lipinski definition) is 1. The molecular weight excluding hydrogens is 388 g/mol. The number of nitrogens with zero attached hydrogens (tertiary/aromatic N) is 3. The number of fused-ring (bicyclic) bond motifs is 2. The minimum Gasteiger partial charge on any atom is -0.338 e. The highest BCUT2D eigenvalue weighted by atomic mass is 32.2. The number of carbonyl (C=O) groups is 1. The molecule has 4 rings (SSSR count). The predicted molar refractivity (Wildman–Crippen MR) is 116 cm³/mol. The zero-order valence-electron chi connectivity index (χ0n) is 17.0. The van der Waals surface area contributed by atoms with Crippen LogP contribution < -0.4 is 5.32 Å². The van der Waals surface area contributed by atoms with Crippen LogP contribution in [0.3, 0.4) is 0 Å². The van der Waals surface area contributed by atoms with Gasteiger partial charge >= 0.3 is 0 Å². The number of rotatable bonds is 5. The largest absolute Gasteiger partial charge is 0.338 e. The fourth-order valence-corrected chi connectivity index (χ4v) is 6.70. The van der Waals surface area contributed by atoms with Crippen molar-refractivity contribution in [3.8, 4) is 0 Å². The lowest BCUT2D eigenvalue weighted by Gasteiger charge is -2.39. The summed E-state index contributed by atoms with van der Waals surface area (Å²) in [5.74, 6) is 0.672. The molecule has 28 heavy (non-hydrogen) atoms. The number of aromatic nitrogens is 2. The first-order valence-electron chi connectivity index (χ1n) is 9.81. The molecule has 0 unspecified atom stereocenters. The lowest BCUT2D eigenvalue weighted by molar-refractivity contribution is -0.129. The number of anilines is 2. The molecule has 1 N–H and O–H groups in total. The number of carbonyl (C=O) groups excluding carboxylic acids is 1. The quantitative estimate of drug-likeness (QED) is 0.687. The monoisotopic (exact) mass is 416 g/mol. The fraction of sp³-hybridized carbons (Fsp3) is 0.571. The Kier molecular flexibility index (Phi) is 5.16. The summed E-state index contributed by atoms with van der Waals surface area (Å²) >= 11 is 2.99. The van der Waals surface area contributed by atoms with Crippen molar-refractivity contribution in [2.24, 2.45) is 10.8 Å². The second-order valence-corrected chi connectivity index (χ2v) is 11.6. The summed E-state index contributed by atoms with van der Waals surface area (Å²) in [6, 6.07) is 8.58. The minimum atomic E-state index is 0.236. The summed E-state index contributed by atoms with van der Waals surface area (Å²) in [4.78, 5) is 15.0. The number of nitrogens with one attached hydrogen (secondary N) is 1. The van der Waals surface area contributed by atoms with E-state index in [0.717, 1.165) is 34.5 Å². The van der Waals surface area contributed by atoms with Crippen LogP contribution in [-0.4, -0.2) is 39.3 Å². The van der Waals surface area contributed by atoms with Crippen LogP contribution >= 0.6 is 23.1 Å². The molecule has 1 saturated heterocycles. The minimum absolute atomic E-state index is 0.236. The molecular formula is C21H28N4OS2. The molecule has 1 aromatic carbocycles. The van der Waals surface area contributed by atoms with Gasteiger partial charge in [-0.3, -0.25) is 4.79 Å². The topological polar surface area (TPSA) is 58.1 Å². The van der Waals surface area contributed by atoms with Crippen LogP contribution in [0.2, 0.25) is 0 Å². The molecule has 1 aliphatic heterocycles. The third kappa shape index (κ3) is 4.35. The van der Waals surface area contributed by atoms with E-state index < -0.39 is 0 Å². The van der Waals surface area contributed by atoms with Crippen LogP contribution in [0.5, 0.6) is 0 Å². The summed E-state index contributed by atoms with van der Waals surface area (Å²) in [6.45, 7) is 9.98. The number of amides is 1. The van der Waals surface area contributed by atoms with Crippen LogP contribution in [0.1, 0.15) is 45.6 Å². The Morgan fingerprint density at radius 2 is 2.00 bits per heavy atom. The van der Waals surface area contributed by atoms with Crippen molar-refractivity contribution in [1.82, 2.24) is 15.1 Å². The average Bonchev–Trinajstić information content (AvgIpc) is 3.15. The summed E-state index contributed by atoms with van der Waals surface area (Å²) in [5.41, 5.74) is 2.83. The normalized spacial score (nSPS) is 25.7. The Bertz CT molecular complexity index is 864. The van der Waals surface area contributed by atoms with Gasteiger partial charge in [0, 0.05) is 18.3 Å². The summed E-state index contributed by atoms with van der Waals surface area (Å²) in [5, 5.41) is 12.5. The van der Waals surface area contributed by atoms with Crippen molar-refractivity contribution in [3.05, 3.63) is 29.8 Å². The second kappa shape index (κ2) is 7.34. The highest BCUT2D eigenvalue weighted by Crippen LogP contribution is 2.52. The number of aryl methyl sites for hydroxylation is 1. The van der Waals surface area contributed by atoms with Gasteiger partial charge in [0.15, 0.2) is 4.34 Å². The molecule has 7 heteroatoms. The Morgan fingerprint density at radius 3 is 2.75 bits per heavy atom. The average molecular weight is 417 g/mol. The third-order valence-corrected chi connectivity index (χ3v) is 7.72. The molecule has 5 nitrogen and oxygen atoms in total. The second-order valence-electron chi connectivity index (χ2n) is 9.39. The van der Waals surface area contributed by atoms with Crippen LogP contribution in [0.15, 0.2) is 28.6 Å². The predicted octanol–water partition coefficient (Wildman–Crippen LogP) is 5.11. The molecule has 2 fully saturated rings. The van der Waals surface area contributed by atoms with E-state index in [1.165, 1.54) is 35.1 Å². The van der Waals surface area contributed by atoms with Gasteiger partial charge in [0.25, 0.3) is 0 Å². The molecule has 2 aromatic rings. The van der Waals surface area contributed by atoms with Gasteiger partial charge in [0.05, 0.1) is 5.75 Å². The van der Waals surface area contributed by atoms with Crippen LogP contribution in [0.25, 0.3) is 0 Å². The van der Waals surface area contributed by atoms with E-state index in [2.05, 4.69) is 60.2 Å². The van der Waals surface area contributed by atoms with E-state index in [1.54, 1.807) is 0 Å². The summed E-state index contributed by atoms with van der Waals surface area (Å²) in [7, 11) is 0. The van der Waals surface area contributed by atoms with Gasteiger partial charge in [0.2, 0.25) is 11.0 Å². The molecule has 150 valence electrons. The van der Waals surface area contributed by atoms with Gasteiger partial charge in [-0.2, -0.15) is 0 Å². The number of benzene rings is 1. The highest BCUT2D eigenvalue weighted by molar-refractivity contribution is 8.01. The first kappa shape index (κ1) is 19.7. The lowest BCUT2D eigenvalue weighted by Crippen LogP contribution is -2.38. The van der Waals surface area contributed by atoms with Crippen molar-refractivity contribution < 1.29 is 4.79 Å². The van der Waals surface area contributed by atoms with Gasteiger partial charge in [-0.05, 0) is 49.1 Å². The molecule has 1 amide bonds. The van der Waals surface area contributed by atoms with Crippen molar-refractivity contribution in [2.75, 3.05) is 17.6 Å². The molecule has 1 saturated carbocycles. The van der Waals surface area contributed by atoms with E-state index >= 15 is 0 Å². The molecule has 0 spiro atoms. The van der Waals surface area contributed by atoms with Crippen molar-refractivity contribution in [2.45, 2.75) is 57.3 Å². The Labute approximate surface area is 175 Å². The molecule has 2 bridgehead atoms.